The van der Waals surface area contributed by atoms with Crippen LogP contribution in [0.1, 0.15) is 52.4 Å². The van der Waals surface area contributed by atoms with Crippen molar-refractivity contribution in [3.63, 3.8) is 0 Å². The van der Waals surface area contributed by atoms with Gasteiger partial charge < -0.3 is 9.84 Å². The summed E-state index contributed by atoms with van der Waals surface area (Å²) in [6.07, 6.45) is 5.18. The molecule has 1 atom stereocenters. The van der Waals surface area contributed by atoms with E-state index in [0.29, 0.717) is 25.2 Å². The zero-order valence-electron chi connectivity index (χ0n) is 10.4. The Kier molecular flexibility index (Phi) is 5.99. The molecule has 1 N–H and O–H groups in total. The number of Topliss-reactive ketones (excluding diaryl/α,β-unsaturated/α-hetero) is 1. The average molecular weight is 228 g/mol. The van der Waals surface area contributed by atoms with Crippen LogP contribution in [0.25, 0.3) is 0 Å². The summed E-state index contributed by atoms with van der Waals surface area (Å²) in [7, 11) is 0. The van der Waals surface area contributed by atoms with Gasteiger partial charge in [0, 0.05) is 12.3 Å². The largest absolute Gasteiger partial charge is 0.391 e. The van der Waals surface area contributed by atoms with Gasteiger partial charge in [-0.1, -0.05) is 12.8 Å². The Hall–Kier alpha value is -0.410. The maximum absolute atomic E-state index is 11.7. The molecule has 1 saturated carbocycles. The molecule has 0 aromatic rings. The second-order valence-electron chi connectivity index (χ2n) is 5.02. The Bertz CT molecular complexity index is 207. The smallest absolute Gasteiger partial charge is 0.136 e. The molecule has 1 unspecified atom stereocenters. The predicted molar refractivity (Wildman–Crippen MR) is 63.3 cm³/mol. The summed E-state index contributed by atoms with van der Waals surface area (Å²) in [6.45, 7) is 4.22. The van der Waals surface area contributed by atoms with Crippen LogP contribution in [-0.4, -0.2) is 29.7 Å². The Morgan fingerprint density at radius 1 is 1.38 bits per heavy atom. The van der Waals surface area contributed by atoms with Gasteiger partial charge >= 0.3 is 0 Å². The Labute approximate surface area is 98.2 Å². The number of hydrogen-bond acceptors (Lipinski definition) is 3. The van der Waals surface area contributed by atoms with Crippen LogP contribution in [0, 0.1) is 5.92 Å². The molecule has 0 spiro atoms. The fourth-order valence-corrected chi connectivity index (χ4v) is 2.15. The van der Waals surface area contributed by atoms with Gasteiger partial charge in [-0.2, -0.15) is 0 Å². The van der Waals surface area contributed by atoms with E-state index in [0.717, 1.165) is 12.8 Å². The molecule has 16 heavy (non-hydrogen) atoms. The molecule has 3 nitrogen and oxygen atoms in total. The summed E-state index contributed by atoms with van der Waals surface area (Å²) < 4.78 is 5.30. The van der Waals surface area contributed by atoms with Crippen molar-refractivity contribution in [3.05, 3.63) is 0 Å². The van der Waals surface area contributed by atoms with E-state index in [1.807, 2.05) is 13.8 Å². The van der Waals surface area contributed by atoms with Crippen LogP contribution in [0.2, 0.25) is 0 Å². The second kappa shape index (κ2) is 7.02. The van der Waals surface area contributed by atoms with E-state index in [2.05, 4.69) is 0 Å². The summed E-state index contributed by atoms with van der Waals surface area (Å²) in [6, 6.07) is 0. The third kappa shape index (κ3) is 5.08. The molecule has 1 fully saturated rings. The standard InChI is InChI=1S/C13H24O3/c1-10(2)16-9-12(14)7-8-13(15)11-5-3-4-6-11/h10-12,14H,3-9H2,1-2H3. The number of aliphatic hydroxyl groups excluding tert-OH is 1. The van der Waals surface area contributed by atoms with Crippen molar-refractivity contribution in [1.82, 2.24) is 0 Å². The van der Waals surface area contributed by atoms with Gasteiger partial charge in [-0.15, -0.1) is 0 Å². The van der Waals surface area contributed by atoms with Crippen molar-refractivity contribution < 1.29 is 14.6 Å². The predicted octanol–water partition coefficient (Wildman–Crippen LogP) is 2.31. The SMILES string of the molecule is CC(C)OCC(O)CCC(=O)C1CCCC1. The maximum atomic E-state index is 11.7. The molecule has 1 aliphatic rings. The van der Waals surface area contributed by atoms with Crippen molar-refractivity contribution in [2.24, 2.45) is 5.92 Å². The Morgan fingerprint density at radius 2 is 2.00 bits per heavy atom. The van der Waals surface area contributed by atoms with Crippen LogP contribution in [0.15, 0.2) is 0 Å². The van der Waals surface area contributed by atoms with Gasteiger partial charge in [0.2, 0.25) is 0 Å². The van der Waals surface area contributed by atoms with Crippen LogP contribution in [0.5, 0.6) is 0 Å². The van der Waals surface area contributed by atoms with Gasteiger partial charge in [-0.25, -0.2) is 0 Å². The Morgan fingerprint density at radius 3 is 2.56 bits per heavy atom. The van der Waals surface area contributed by atoms with Crippen molar-refractivity contribution in [2.75, 3.05) is 6.61 Å². The second-order valence-corrected chi connectivity index (χ2v) is 5.02. The molecule has 0 aromatic heterocycles. The molecule has 0 bridgehead atoms. The molecule has 1 aliphatic carbocycles. The first kappa shape index (κ1) is 13.7. The molecular weight excluding hydrogens is 204 g/mol. The highest BCUT2D eigenvalue weighted by Crippen LogP contribution is 2.26. The number of ketones is 1. The first-order valence-corrected chi connectivity index (χ1v) is 6.42. The molecule has 0 saturated heterocycles. The van der Waals surface area contributed by atoms with Gasteiger partial charge in [0.25, 0.3) is 0 Å². The molecule has 0 amide bonds. The number of rotatable bonds is 7. The van der Waals surface area contributed by atoms with Crippen LogP contribution < -0.4 is 0 Å². The normalized spacial score (nSPS) is 19.2. The highest BCUT2D eigenvalue weighted by molar-refractivity contribution is 5.81. The summed E-state index contributed by atoms with van der Waals surface area (Å²) in [5, 5.41) is 9.61. The quantitative estimate of drug-likeness (QED) is 0.727. The molecule has 0 heterocycles. The average Bonchev–Trinajstić information content (AvgIpc) is 2.76. The number of carbonyl (C=O) groups is 1. The monoisotopic (exact) mass is 228 g/mol. The lowest BCUT2D eigenvalue weighted by Crippen LogP contribution is -2.21. The maximum Gasteiger partial charge on any atom is 0.136 e. The number of carbonyl (C=O) groups excluding carboxylic acids is 1. The van der Waals surface area contributed by atoms with Gasteiger partial charge in [-0.05, 0) is 33.1 Å². The third-order valence-electron chi connectivity index (χ3n) is 3.16. The molecular formula is C13H24O3. The van der Waals surface area contributed by atoms with Crippen LogP contribution in [-0.2, 0) is 9.53 Å². The molecule has 1 rings (SSSR count). The van der Waals surface area contributed by atoms with Crippen LogP contribution >= 0.6 is 0 Å². The molecule has 0 aliphatic heterocycles. The van der Waals surface area contributed by atoms with Crippen LogP contribution in [0.3, 0.4) is 0 Å². The van der Waals surface area contributed by atoms with Crippen molar-refractivity contribution in [3.8, 4) is 0 Å². The van der Waals surface area contributed by atoms with Gasteiger partial charge in [-0.3, -0.25) is 4.79 Å². The zero-order chi connectivity index (χ0) is 12.0. The lowest BCUT2D eigenvalue weighted by Gasteiger charge is -2.14. The summed E-state index contributed by atoms with van der Waals surface area (Å²) >= 11 is 0. The minimum Gasteiger partial charge on any atom is -0.391 e. The molecule has 0 aromatic carbocycles. The van der Waals surface area contributed by atoms with E-state index in [1.165, 1.54) is 12.8 Å². The lowest BCUT2D eigenvalue weighted by atomic mass is 9.98. The van der Waals surface area contributed by atoms with E-state index in [4.69, 9.17) is 4.74 Å². The summed E-state index contributed by atoms with van der Waals surface area (Å²) in [4.78, 5) is 11.7. The van der Waals surface area contributed by atoms with Crippen LogP contribution in [0.4, 0.5) is 0 Å². The number of hydrogen-bond donors (Lipinski definition) is 1. The minimum atomic E-state index is -0.493. The summed E-state index contributed by atoms with van der Waals surface area (Å²) in [5.41, 5.74) is 0. The lowest BCUT2D eigenvalue weighted by molar-refractivity contribution is -0.123. The van der Waals surface area contributed by atoms with E-state index in [1.54, 1.807) is 0 Å². The van der Waals surface area contributed by atoms with E-state index >= 15 is 0 Å². The number of aliphatic hydroxyl groups is 1. The molecule has 3 heteroatoms. The van der Waals surface area contributed by atoms with Crippen molar-refractivity contribution in [1.29, 1.82) is 0 Å². The first-order valence-electron chi connectivity index (χ1n) is 6.42. The molecule has 0 radical (unpaired) electrons. The first-order chi connectivity index (χ1) is 7.59. The fraction of sp³-hybridized carbons (Fsp3) is 0.923. The van der Waals surface area contributed by atoms with Gasteiger partial charge in [0.05, 0.1) is 18.8 Å². The van der Waals surface area contributed by atoms with E-state index in [-0.39, 0.29) is 12.0 Å². The Balaban J connectivity index is 2.10. The third-order valence-corrected chi connectivity index (χ3v) is 3.16. The zero-order valence-corrected chi connectivity index (χ0v) is 10.4. The molecule has 94 valence electrons. The topological polar surface area (TPSA) is 46.5 Å². The van der Waals surface area contributed by atoms with E-state index in [9.17, 15) is 9.90 Å². The fourth-order valence-electron chi connectivity index (χ4n) is 2.15. The number of ether oxygens (including phenoxy) is 1. The van der Waals surface area contributed by atoms with Gasteiger partial charge in [0.1, 0.15) is 5.78 Å². The van der Waals surface area contributed by atoms with Crippen molar-refractivity contribution >= 4 is 5.78 Å². The summed E-state index contributed by atoms with van der Waals surface area (Å²) in [5.74, 6) is 0.610. The van der Waals surface area contributed by atoms with Crippen molar-refractivity contribution in [2.45, 2.75) is 64.6 Å². The minimum absolute atomic E-state index is 0.139. The highest BCUT2D eigenvalue weighted by atomic mass is 16.5. The van der Waals surface area contributed by atoms with E-state index < -0.39 is 6.10 Å². The highest BCUT2D eigenvalue weighted by Gasteiger charge is 2.22. The van der Waals surface area contributed by atoms with Gasteiger partial charge in [0.15, 0.2) is 0 Å².